The molecule has 1 amide bonds. The Balaban J connectivity index is 1.35. The lowest BCUT2D eigenvalue weighted by molar-refractivity contribution is -0.118. The lowest BCUT2D eigenvalue weighted by Gasteiger charge is -2.21. The van der Waals surface area contributed by atoms with Gasteiger partial charge in [0.25, 0.3) is 5.91 Å². The average Bonchev–Trinajstić information content (AvgIpc) is 3.14. The van der Waals surface area contributed by atoms with E-state index < -0.39 is 15.9 Å². The number of carbonyl (C=O) groups is 1. The molecular formula is C21H24N2O5S3. The van der Waals surface area contributed by atoms with Crippen molar-refractivity contribution in [2.45, 2.75) is 17.4 Å². The fourth-order valence-corrected chi connectivity index (χ4v) is 7.90. The normalized spacial score (nSPS) is 18.6. The number of sulfonamides is 1. The van der Waals surface area contributed by atoms with Crippen molar-refractivity contribution in [3.63, 3.8) is 0 Å². The van der Waals surface area contributed by atoms with E-state index in [1.807, 2.05) is 47.8 Å². The Bertz CT molecular complexity index is 1040. The second-order valence-corrected chi connectivity index (χ2v) is 12.0. The van der Waals surface area contributed by atoms with Crippen LogP contribution in [0.1, 0.15) is 23.0 Å². The van der Waals surface area contributed by atoms with E-state index in [1.165, 1.54) is 46.0 Å². The monoisotopic (exact) mass is 480 g/mol. The number of amides is 1. The molecule has 31 heavy (non-hydrogen) atoms. The Kier molecular flexibility index (Phi) is 6.88. The predicted molar refractivity (Wildman–Crippen MR) is 127 cm³/mol. The van der Waals surface area contributed by atoms with Gasteiger partial charge in [-0.05, 0) is 60.2 Å². The van der Waals surface area contributed by atoms with Gasteiger partial charge in [0.05, 0.1) is 21.7 Å². The van der Waals surface area contributed by atoms with Crippen LogP contribution in [0, 0.1) is 0 Å². The number of thioether (sulfide) groups is 2. The zero-order valence-corrected chi connectivity index (χ0v) is 19.3. The maximum absolute atomic E-state index is 12.3. The highest BCUT2D eigenvalue weighted by atomic mass is 32.2. The number of carbonyl (C=O) groups excluding carboxylic acids is 1. The first-order chi connectivity index (χ1) is 14.9. The molecule has 0 saturated carbocycles. The summed E-state index contributed by atoms with van der Waals surface area (Å²) < 4.78 is 31.5. The van der Waals surface area contributed by atoms with E-state index in [0.29, 0.717) is 29.0 Å². The van der Waals surface area contributed by atoms with Crippen molar-refractivity contribution in [2.24, 2.45) is 0 Å². The maximum Gasteiger partial charge on any atom is 0.262 e. The summed E-state index contributed by atoms with van der Waals surface area (Å²) in [4.78, 5) is 12.3. The topological polar surface area (TPSA) is 95.9 Å². The molecule has 7 nitrogen and oxygen atoms in total. The molecule has 0 aromatic heterocycles. The van der Waals surface area contributed by atoms with E-state index in [-0.39, 0.29) is 23.8 Å². The molecule has 2 aliphatic heterocycles. The zero-order chi connectivity index (χ0) is 21.8. The largest absolute Gasteiger partial charge is 0.506 e. The number of ether oxygens (including phenoxy) is 1. The number of benzene rings is 2. The van der Waals surface area contributed by atoms with E-state index in [0.717, 1.165) is 0 Å². The highest BCUT2D eigenvalue weighted by Crippen LogP contribution is 2.43. The molecule has 0 aliphatic carbocycles. The van der Waals surface area contributed by atoms with Crippen LogP contribution in [0.5, 0.6) is 11.5 Å². The molecule has 0 atom stereocenters. The summed E-state index contributed by atoms with van der Waals surface area (Å²) in [6.45, 7) is 0.162. The van der Waals surface area contributed by atoms with E-state index in [4.69, 9.17) is 4.74 Å². The highest BCUT2D eigenvalue weighted by molar-refractivity contribution is 8.16. The maximum atomic E-state index is 12.3. The summed E-state index contributed by atoms with van der Waals surface area (Å²) in [5, 5.41) is 12.7. The SMILES string of the molecule is O=C(COc1ccc(C2SCCCS2)cc1)Nc1cc(N2CCCS2(=O)=O)ccc1O. The van der Waals surface area contributed by atoms with Gasteiger partial charge in [0.1, 0.15) is 11.5 Å². The lowest BCUT2D eigenvalue weighted by Crippen LogP contribution is -2.25. The van der Waals surface area contributed by atoms with Crippen LogP contribution in [0.15, 0.2) is 42.5 Å². The Labute approximate surface area is 190 Å². The standard InChI is InChI=1S/C21H24N2O5S3/c24-19-8-5-16(23-9-1-12-31(23,26)27)13-18(19)22-20(25)14-28-17-6-3-15(4-7-17)21-29-10-2-11-30-21/h3-8,13,21,24H,1-2,9-12,14H2,(H,22,25). The van der Waals surface area contributed by atoms with Gasteiger partial charge >= 0.3 is 0 Å². The quantitative estimate of drug-likeness (QED) is 0.607. The summed E-state index contributed by atoms with van der Waals surface area (Å²) in [6.07, 6.45) is 1.80. The first-order valence-corrected chi connectivity index (χ1v) is 13.7. The molecule has 0 unspecified atom stereocenters. The van der Waals surface area contributed by atoms with Crippen molar-refractivity contribution >= 4 is 50.8 Å². The van der Waals surface area contributed by atoms with Crippen molar-refractivity contribution in [2.75, 3.05) is 40.0 Å². The van der Waals surface area contributed by atoms with Crippen molar-refractivity contribution in [3.05, 3.63) is 48.0 Å². The minimum atomic E-state index is -3.35. The Hall–Kier alpha value is -2.04. The molecule has 166 valence electrons. The van der Waals surface area contributed by atoms with Gasteiger partial charge in [-0.1, -0.05) is 12.1 Å². The Morgan fingerprint density at radius 2 is 1.87 bits per heavy atom. The van der Waals surface area contributed by atoms with Gasteiger partial charge in [0.15, 0.2) is 6.61 Å². The number of nitrogens with zero attached hydrogens (tertiary/aromatic N) is 1. The molecule has 0 radical (unpaired) electrons. The van der Waals surface area contributed by atoms with Gasteiger partial charge in [-0.25, -0.2) is 8.42 Å². The van der Waals surface area contributed by atoms with E-state index in [2.05, 4.69) is 5.32 Å². The summed E-state index contributed by atoms with van der Waals surface area (Å²) in [5.74, 6) is 2.45. The van der Waals surface area contributed by atoms with Crippen LogP contribution in [0.2, 0.25) is 0 Å². The van der Waals surface area contributed by atoms with E-state index in [1.54, 1.807) is 0 Å². The first kappa shape index (κ1) is 22.2. The van der Waals surface area contributed by atoms with E-state index >= 15 is 0 Å². The number of rotatable bonds is 6. The van der Waals surface area contributed by atoms with Crippen LogP contribution in [0.4, 0.5) is 11.4 Å². The molecule has 4 rings (SSSR count). The van der Waals surface area contributed by atoms with Crippen LogP contribution < -0.4 is 14.4 Å². The summed E-state index contributed by atoms with van der Waals surface area (Å²) in [7, 11) is -3.35. The summed E-state index contributed by atoms with van der Waals surface area (Å²) in [5.41, 5.74) is 1.81. The highest BCUT2D eigenvalue weighted by Gasteiger charge is 2.29. The number of anilines is 2. The van der Waals surface area contributed by atoms with Crippen molar-refractivity contribution in [3.8, 4) is 11.5 Å². The minimum absolute atomic E-state index is 0.0975. The third-order valence-electron chi connectivity index (χ3n) is 4.99. The molecular weight excluding hydrogens is 456 g/mol. The average molecular weight is 481 g/mol. The fraction of sp³-hybridized carbons (Fsp3) is 0.381. The number of aromatic hydroxyl groups is 1. The van der Waals surface area contributed by atoms with Crippen LogP contribution in [-0.4, -0.2) is 49.8 Å². The number of hydrogen-bond acceptors (Lipinski definition) is 7. The number of hydrogen-bond donors (Lipinski definition) is 2. The second kappa shape index (κ2) is 9.62. The third-order valence-corrected chi connectivity index (χ3v) is 9.88. The van der Waals surface area contributed by atoms with Gasteiger partial charge in [0, 0.05) is 6.54 Å². The molecule has 2 aromatic carbocycles. The van der Waals surface area contributed by atoms with Crippen molar-refractivity contribution < 1.29 is 23.1 Å². The summed E-state index contributed by atoms with van der Waals surface area (Å²) >= 11 is 3.89. The molecule has 0 bridgehead atoms. The molecule has 2 N–H and O–H groups in total. The predicted octanol–water partition coefficient (Wildman–Crippen LogP) is 3.82. The van der Waals surface area contributed by atoms with Gasteiger partial charge in [-0.15, -0.1) is 23.5 Å². The van der Waals surface area contributed by atoms with E-state index in [9.17, 15) is 18.3 Å². The Morgan fingerprint density at radius 1 is 1.13 bits per heavy atom. The number of nitrogens with one attached hydrogen (secondary N) is 1. The van der Waals surface area contributed by atoms with Gasteiger partial charge in [0.2, 0.25) is 10.0 Å². The molecule has 10 heteroatoms. The molecule has 2 saturated heterocycles. The fourth-order valence-electron chi connectivity index (χ4n) is 3.45. The molecule has 2 fully saturated rings. The first-order valence-electron chi connectivity index (χ1n) is 10.0. The van der Waals surface area contributed by atoms with Crippen LogP contribution in [-0.2, 0) is 14.8 Å². The molecule has 0 spiro atoms. The lowest BCUT2D eigenvalue weighted by atomic mass is 10.2. The third kappa shape index (κ3) is 5.42. The van der Waals surface area contributed by atoms with Gasteiger partial charge in [-0.3, -0.25) is 9.10 Å². The number of phenols is 1. The number of phenolic OH excluding ortho intramolecular Hbond substituents is 1. The second-order valence-electron chi connectivity index (χ2n) is 7.28. The summed E-state index contributed by atoms with van der Waals surface area (Å²) in [6, 6.07) is 12.1. The molecule has 2 aromatic rings. The van der Waals surface area contributed by atoms with Crippen molar-refractivity contribution in [1.29, 1.82) is 0 Å². The molecule has 2 aliphatic rings. The van der Waals surface area contributed by atoms with Crippen LogP contribution in [0.3, 0.4) is 0 Å². The minimum Gasteiger partial charge on any atom is -0.506 e. The molecule has 2 heterocycles. The van der Waals surface area contributed by atoms with Crippen molar-refractivity contribution in [1.82, 2.24) is 0 Å². The van der Waals surface area contributed by atoms with Crippen LogP contribution >= 0.6 is 23.5 Å². The van der Waals surface area contributed by atoms with Gasteiger partial charge < -0.3 is 15.2 Å². The smallest absolute Gasteiger partial charge is 0.262 e. The van der Waals surface area contributed by atoms with Gasteiger partial charge in [-0.2, -0.15) is 0 Å². The zero-order valence-electron chi connectivity index (χ0n) is 16.8. The Morgan fingerprint density at radius 3 is 2.55 bits per heavy atom. The van der Waals surface area contributed by atoms with Crippen LogP contribution in [0.25, 0.3) is 0 Å².